The molecule has 1 aromatic carbocycles. The van der Waals surface area contributed by atoms with Gasteiger partial charge in [-0.15, -0.1) is 11.3 Å². The molecule has 0 bridgehead atoms. The van der Waals surface area contributed by atoms with Crippen LogP contribution in [0.25, 0.3) is 11.3 Å². The minimum atomic E-state index is -0.307. The summed E-state index contributed by atoms with van der Waals surface area (Å²) in [5.41, 5.74) is 7.79. The molecule has 0 radical (unpaired) electrons. The van der Waals surface area contributed by atoms with Crippen LogP contribution in [0.1, 0.15) is 21.7 Å². The summed E-state index contributed by atoms with van der Waals surface area (Å²) in [5.74, 6) is -0.565. The van der Waals surface area contributed by atoms with Gasteiger partial charge in [0.05, 0.1) is 21.8 Å². The zero-order valence-electron chi connectivity index (χ0n) is 15.1. The van der Waals surface area contributed by atoms with E-state index in [1.165, 1.54) is 29.7 Å². The number of hydrogen-bond acceptors (Lipinski definition) is 4. The van der Waals surface area contributed by atoms with Gasteiger partial charge < -0.3 is 11.1 Å². The predicted molar refractivity (Wildman–Crippen MR) is 112 cm³/mol. The topological polar surface area (TPSA) is 72.9 Å². The predicted octanol–water partition coefficient (Wildman–Crippen LogP) is 4.28. The number of thiophene rings is 1. The number of hydrogen-bond donors (Lipinski definition) is 2. The Morgan fingerprint density at radius 2 is 2.18 bits per heavy atom. The van der Waals surface area contributed by atoms with Crippen LogP contribution in [0, 0.1) is 5.82 Å². The molecule has 1 amide bonds. The number of carbonyl (C=O) groups is 1. The molecule has 0 unspecified atom stereocenters. The molecule has 1 atom stereocenters. The molecule has 2 heterocycles. The lowest BCUT2D eigenvalue weighted by atomic mass is 10.0. The van der Waals surface area contributed by atoms with Crippen molar-refractivity contribution in [3.8, 4) is 11.3 Å². The van der Waals surface area contributed by atoms with Crippen molar-refractivity contribution in [1.29, 1.82) is 0 Å². The zero-order valence-corrected chi connectivity index (χ0v) is 17.4. The number of aromatic nitrogens is 2. The summed E-state index contributed by atoms with van der Waals surface area (Å²) in [6, 6.07) is 7.80. The maximum absolute atomic E-state index is 13.4. The van der Waals surface area contributed by atoms with Gasteiger partial charge in [-0.1, -0.05) is 35.3 Å². The molecule has 2 aromatic heterocycles. The first-order valence-electron chi connectivity index (χ1n) is 8.61. The maximum atomic E-state index is 13.4. The molecule has 0 fully saturated rings. The van der Waals surface area contributed by atoms with Crippen LogP contribution in [0.3, 0.4) is 0 Å². The summed E-state index contributed by atoms with van der Waals surface area (Å²) in [4.78, 5) is 13.2. The van der Waals surface area contributed by atoms with Crippen LogP contribution in [0.2, 0.25) is 9.36 Å². The maximum Gasteiger partial charge on any atom is 0.261 e. The Morgan fingerprint density at radius 1 is 1.39 bits per heavy atom. The van der Waals surface area contributed by atoms with Gasteiger partial charge in [0.1, 0.15) is 10.2 Å². The van der Waals surface area contributed by atoms with Crippen molar-refractivity contribution >= 4 is 40.4 Å². The molecule has 3 aromatic rings. The fourth-order valence-electron chi connectivity index (χ4n) is 2.99. The number of aryl methyl sites for hydroxylation is 1. The van der Waals surface area contributed by atoms with Crippen molar-refractivity contribution in [2.45, 2.75) is 18.9 Å². The standard InChI is InChI=1S/C19H19Cl2FN4OS/c1-26-17(15(20)10-24-26)14-9-16(28-18(14)21)19(27)25-13(5-6-23)8-11-3-2-4-12(22)7-11/h2-4,7,9-10,13H,5-6,8,23H2,1H3,(H,25,27)/t13-/m1/s1. The fourth-order valence-corrected chi connectivity index (χ4v) is 4.44. The van der Waals surface area contributed by atoms with E-state index in [9.17, 15) is 9.18 Å². The highest BCUT2D eigenvalue weighted by Gasteiger charge is 2.21. The molecular weight excluding hydrogens is 422 g/mol. The van der Waals surface area contributed by atoms with Crippen LogP contribution >= 0.6 is 34.5 Å². The summed E-state index contributed by atoms with van der Waals surface area (Å²) in [7, 11) is 1.76. The molecule has 0 saturated carbocycles. The molecule has 0 aliphatic heterocycles. The normalized spacial score (nSPS) is 12.2. The Balaban J connectivity index is 1.78. The van der Waals surface area contributed by atoms with Gasteiger partial charge >= 0.3 is 0 Å². The second-order valence-electron chi connectivity index (χ2n) is 6.34. The van der Waals surface area contributed by atoms with E-state index in [1.807, 2.05) is 6.07 Å². The SMILES string of the molecule is Cn1ncc(Cl)c1-c1cc(C(=O)N[C@H](CCN)Cc2cccc(F)c2)sc1Cl. The van der Waals surface area contributed by atoms with Crippen molar-refractivity contribution in [3.05, 3.63) is 62.1 Å². The Labute approximate surface area is 176 Å². The molecule has 0 aliphatic rings. The number of halogens is 3. The molecular formula is C19H19Cl2FN4OS. The average Bonchev–Trinajstić information content (AvgIpc) is 3.17. The lowest BCUT2D eigenvalue weighted by molar-refractivity contribution is 0.0939. The van der Waals surface area contributed by atoms with E-state index in [0.717, 1.165) is 5.56 Å². The average molecular weight is 441 g/mol. The van der Waals surface area contributed by atoms with E-state index in [-0.39, 0.29) is 17.8 Å². The van der Waals surface area contributed by atoms with E-state index in [0.29, 0.717) is 44.9 Å². The second-order valence-corrected chi connectivity index (χ2v) is 8.41. The van der Waals surface area contributed by atoms with Gasteiger partial charge in [-0.3, -0.25) is 9.48 Å². The summed E-state index contributed by atoms with van der Waals surface area (Å²) in [6.45, 7) is 0.404. The van der Waals surface area contributed by atoms with Gasteiger partial charge in [-0.2, -0.15) is 5.10 Å². The molecule has 0 aliphatic carbocycles. The zero-order chi connectivity index (χ0) is 20.3. The van der Waals surface area contributed by atoms with Crippen LogP contribution in [-0.2, 0) is 13.5 Å². The summed E-state index contributed by atoms with van der Waals surface area (Å²) >= 11 is 13.7. The third kappa shape index (κ3) is 4.72. The quantitative estimate of drug-likeness (QED) is 0.575. The van der Waals surface area contributed by atoms with E-state index in [4.69, 9.17) is 28.9 Å². The molecule has 0 spiro atoms. The molecule has 5 nitrogen and oxygen atoms in total. The van der Waals surface area contributed by atoms with E-state index in [1.54, 1.807) is 23.9 Å². The monoisotopic (exact) mass is 440 g/mol. The van der Waals surface area contributed by atoms with E-state index < -0.39 is 0 Å². The van der Waals surface area contributed by atoms with Gasteiger partial charge in [0.2, 0.25) is 0 Å². The number of nitrogens with one attached hydrogen (secondary N) is 1. The Kier molecular flexibility index (Phi) is 6.72. The Hall–Kier alpha value is -1.93. The second kappa shape index (κ2) is 9.05. The molecule has 148 valence electrons. The highest BCUT2D eigenvalue weighted by Crippen LogP contribution is 2.38. The van der Waals surface area contributed by atoms with Gasteiger partial charge in [-0.05, 0) is 43.1 Å². The first-order chi connectivity index (χ1) is 13.4. The van der Waals surface area contributed by atoms with Crippen LogP contribution in [0.4, 0.5) is 4.39 Å². The van der Waals surface area contributed by atoms with Gasteiger partial charge in [0, 0.05) is 18.7 Å². The van der Waals surface area contributed by atoms with Gasteiger partial charge in [-0.25, -0.2) is 4.39 Å². The molecule has 0 saturated heterocycles. The third-order valence-electron chi connectivity index (χ3n) is 4.28. The van der Waals surface area contributed by atoms with Crippen LogP contribution in [-0.4, -0.2) is 28.3 Å². The highest BCUT2D eigenvalue weighted by atomic mass is 35.5. The van der Waals surface area contributed by atoms with Crippen molar-refractivity contribution in [3.63, 3.8) is 0 Å². The Morgan fingerprint density at radius 3 is 2.82 bits per heavy atom. The fraction of sp³-hybridized carbons (Fsp3) is 0.263. The van der Waals surface area contributed by atoms with Crippen LogP contribution < -0.4 is 11.1 Å². The van der Waals surface area contributed by atoms with Gasteiger partial charge in [0.25, 0.3) is 5.91 Å². The molecule has 9 heteroatoms. The Bertz CT molecular complexity index is 969. The molecule has 3 N–H and O–H groups in total. The highest BCUT2D eigenvalue weighted by molar-refractivity contribution is 7.18. The molecule has 3 rings (SSSR count). The number of nitrogens with zero attached hydrogens (tertiary/aromatic N) is 2. The largest absolute Gasteiger partial charge is 0.348 e. The van der Waals surface area contributed by atoms with Gasteiger partial charge in [0.15, 0.2) is 0 Å². The van der Waals surface area contributed by atoms with Crippen molar-refractivity contribution in [1.82, 2.24) is 15.1 Å². The van der Waals surface area contributed by atoms with E-state index in [2.05, 4.69) is 10.4 Å². The van der Waals surface area contributed by atoms with E-state index >= 15 is 0 Å². The number of amides is 1. The van der Waals surface area contributed by atoms with Crippen molar-refractivity contribution < 1.29 is 9.18 Å². The first-order valence-corrected chi connectivity index (χ1v) is 10.2. The smallest absolute Gasteiger partial charge is 0.261 e. The van der Waals surface area contributed by atoms with Crippen molar-refractivity contribution in [2.24, 2.45) is 12.8 Å². The van der Waals surface area contributed by atoms with Crippen molar-refractivity contribution in [2.75, 3.05) is 6.54 Å². The summed E-state index contributed by atoms with van der Waals surface area (Å²) < 4.78 is 15.5. The lowest BCUT2D eigenvalue weighted by Crippen LogP contribution is -2.37. The molecule has 28 heavy (non-hydrogen) atoms. The first kappa shape index (κ1) is 20.8. The summed E-state index contributed by atoms with van der Waals surface area (Å²) in [5, 5.41) is 7.53. The number of rotatable bonds is 7. The number of benzene rings is 1. The minimum Gasteiger partial charge on any atom is -0.348 e. The summed E-state index contributed by atoms with van der Waals surface area (Å²) in [6.07, 6.45) is 2.59. The van der Waals surface area contributed by atoms with Crippen LogP contribution in [0.15, 0.2) is 36.5 Å². The van der Waals surface area contributed by atoms with Crippen LogP contribution in [0.5, 0.6) is 0 Å². The number of nitrogens with two attached hydrogens (primary N) is 1. The minimum absolute atomic E-state index is 0.219. The lowest BCUT2D eigenvalue weighted by Gasteiger charge is -2.18. The third-order valence-corrected chi connectivity index (χ3v) is 5.92. The number of carbonyl (C=O) groups excluding carboxylic acids is 1.